The Balaban J connectivity index is 1.39. The Morgan fingerprint density at radius 1 is 1.27 bits per heavy atom. The maximum absolute atomic E-state index is 14.7. The molecule has 2 aromatic heterocycles. The zero-order chi connectivity index (χ0) is 36.6. The van der Waals surface area contributed by atoms with Gasteiger partial charge in [0.1, 0.15) is 11.7 Å². The highest BCUT2D eigenvalue weighted by molar-refractivity contribution is 7.15. The zero-order valence-electron chi connectivity index (χ0n) is 30.8. The minimum atomic E-state index is -3.13. The van der Waals surface area contributed by atoms with Gasteiger partial charge >= 0.3 is 0 Å². The van der Waals surface area contributed by atoms with Crippen LogP contribution in [0, 0.1) is 11.8 Å². The zero-order valence-corrected chi connectivity index (χ0v) is 26.6. The van der Waals surface area contributed by atoms with Gasteiger partial charge in [-0.1, -0.05) is 31.1 Å². The second-order valence-corrected chi connectivity index (χ2v) is 13.7. The van der Waals surface area contributed by atoms with Crippen molar-refractivity contribution in [3.8, 4) is 0 Å². The molecular formula is C31H45F2N7O4S. The highest BCUT2D eigenvalue weighted by Gasteiger charge is 2.43. The first-order chi connectivity index (χ1) is 23.4. The van der Waals surface area contributed by atoms with Crippen molar-refractivity contribution in [2.45, 2.75) is 103 Å². The Morgan fingerprint density at radius 3 is 2.80 bits per heavy atom. The van der Waals surface area contributed by atoms with Crippen molar-refractivity contribution in [3.05, 3.63) is 29.0 Å². The molecule has 2 N–H and O–H groups in total. The number of halogens is 2. The Bertz CT molecular complexity index is 1530. The molecule has 0 bridgehead atoms. The second-order valence-electron chi connectivity index (χ2n) is 12.6. The van der Waals surface area contributed by atoms with Crippen LogP contribution in [-0.4, -0.2) is 92.6 Å². The molecule has 4 heterocycles. The van der Waals surface area contributed by atoms with Gasteiger partial charge in [0.15, 0.2) is 5.13 Å². The molecule has 2 aromatic rings. The van der Waals surface area contributed by atoms with Crippen molar-refractivity contribution in [1.82, 2.24) is 29.9 Å². The fraction of sp³-hybridized carbons (Fsp3) is 0.710. The summed E-state index contributed by atoms with van der Waals surface area (Å²) in [5, 5.41) is 9.41. The van der Waals surface area contributed by atoms with Gasteiger partial charge in [-0.15, -0.1) is 0 Å². The minimum Gasteiger partial charge on any atom is -0.376 e. The van der Waals surface area contributed by atoms with Gasteiger partial charge in [-0.25, -0.2) is 13.8 Å². The van der Waals surface area contributed by atoms with Crippen LogP contribution in [0.1, 0.15) is 94.4 Å². The molecular weight excluding hydrogens is 604 g/mol. The first-order valence-electron chi connectivity index (χ1n) is 18.0. The van der Waals surface area contributed by atoms with Crippen LogP contribution in [0.15, 0.2) is 18.5 Å². The normalized spacial score (nSPS) is 29.4. The fourth-order valence-electron chi connectivity index (χ4n) is 6.40. The van der Waals surface area contributed by atoms with E-state index in [1.54, 1.807) is 0 Å². The predicted octanol–water partition coefficient (Wildman–Crippen LogP) is 4.33. The van der Waals surface area contributed by atoms with Crippen molar-refractivity contribution in [3.63, 3.8) is 0 Å². The number of amides is 3. The number of likely N-dealkylation sites (tertiary alicyclic amines) is 1. The van der Waals surface area contributed by atoms with Crippen molar-refractivity contribution in [1.29, 1.82) is 0 Å². The number of ether oxygens (including phenoxy) is 1. The van der Waals surface area contributed by atoms with E-state index in [1.807, 2.05) is 13.8 Å². The average molecular weight is 655 g/mol. The van der Waals surface area contributed by atoms with Gasteiger partial charge in [0.05, 0.1) is 32.9 Å². The van der Waals surface area contributed by atoms with Gasteiger partial charge < -0.3 is 20.3 Å². The number of aryl methyl sites for hydroxylation is 1. The van der Waals surface area contributed by atoms with Crippen molar-refractivity contribution < 1.29 is 34.8 Å². The van der Waals surface area contributed by atoms with Gasteiger partial charge in [0.25, 0.3) is 11.8 Å². The van der Waals surface area contributed by atoms with Crippen LogP contribution in [0.5, 0.6) is 0 Å². The van der Waals surface area contributed by atoms with Gasteiger partial charge in [0.2, 0.25) is 11.8 Å². The molecule has 2 saturated heterocycles. The standard InChI is InChI=1S/C31H45F2N7O4S/c1-5-40-23(11-13-35-40)28(42)36-27(22-8-6-19(2)7-9-22)29(43)37-30-34-14-25(45-30)24(16-38-15-21(4)44-17-20(38)3)39-18-31(32,33)12-10-26(39)41/h11,13-14,19-22,24,27H,5-10,12,15-18H2,1-4H3,(H,36,42)(H,34,37,43)/t19?,20-,21-,22?,24+,27-/m0/s1/i1D3,5D2. The van der Waals surface area contributed by atoms with Crippen LogP contribution in [0.25, 0.3) is 0 Å². The molecule has 1 saturated carbocycles. The summed E-state index contributed by atoms with van der Waals surface area (Å²) in [5.74, 6) is -4.73. The summed E-state index contributed by atoms with van der Waals surface area (Å²) < 4.78 is 74.6. The van der Waals surface area contributed by atoms with Crippen molar-refractivity contribution >= 4 is 34.2 Å². The fourth-order valence-corrected chi connectivity index (χ4v) is 7.33. The highest BCUT2D eigenvalue weighted by atomic mass is 32.1. The molecule has 45 heavy (non-hydrogen) atoms. The number of carbonyl (C=O) groups excluding carboxylic acids is 3. The molecule has 0 radical (unpaired) electrons. The Hall–Kier alpha value is -2.97. The van der Waals surface area contributed by atoms with Crippen molar-refractivity contribution in [2.75, 3.05) is 31.6 Å². The molecule has 248 valence electrons. The molecule has 11 nitrogen and oxygen atoms in total. The summed E-state index contributed by atoms with van der Waals surface area (Å²) in [4.78, 5) is 48.7. The van der Waals surface area contributed by atoms with E-state index in [9.17, 15) is 23.2 Å². The molecule has 5 rings (SSSR count). The molecule has 4 atom stereocenters. The Kier molecular flexibility index (Phi) is 8.58. The number of nitrogens with one attached hydrogen (secondary N) is 2. The summed E-state index contributed by atoms with van der Waals surface area (Å²) in [6.07, 6.45) is 4.61. The number of hydrogen-bond acceptors (Lipinski definition) is 8. The summed E-state index contributed by atoms with van der Waals surface area (Å²) in [6.45, 7) is 0.421. The molecule has 3 aliphatic rings. The van der Waals surface area contributed by atoms with E-state index < -0.39 is 56.1 Å². The van der Waals surface area contributed by atoms with Gasteiger partial charge in [-0.2, -0.15) is 5.10 Å². The van der Waals surface area contributed by atoms with Crippen LogP contribution >= 0.6 is 11.3 Å². The van der Waals surface area contributed by atoms with Crippen LogP contribution in [-0.2, 0) is 20.8 Å². The molecule has 3 fully saturated rings. The van der Waals surface area contributed by atoms with E-state index >= 15 is 0 Å². The quantitative estimate of drug-likeness (QED) is 0.391. The molecule has 0 unspecified atom stereocenters. The number of piperidine rings is 1. The number of nitrogens with zero attached hydrogens (tertiary/aromatic N) is 5. The maximum atomic E-state index is 14.7. The SMILES string of the molecule is [2H]C([2H])([2H])C([2H])([2H])n1nccc1C(=O)N[C@H](C(=O)Nc1ncc([C@@H](CN2C[C@H](C)OC[C@@H]2C)N2CC(F)(F)CCC2=O)s1)C1CCC(C)CC1. The van der Waals surface area contributed by atoms with Crippen molar-refractivity contribution in [2.24, 2.45) is 11.8 Å². The molecule has 0 spiro atoms. The molecule has 3 amide bonds. The summed E-state index contributed by atoms with van der Waals surface area (Å²) in [6, 6.07) is -0.673. The smallest absolute Gasteiger partial charge is 0.270 e. The van der Waals surface area contributed by atoms with Crippen LogP contribution in [0.2, 0.25) is 0 Å². The lowest BCUT2D eigenvalue weighted by molar-refractivity contribution is -0.153. The van der Waals surface area contributed by atoms with Crippen LogP contribution < -0.4 is 10.6 Å². The van der Waals surface area contributed by atoms with E-state index in [2.05, 4.69) is 32.5 Å². The third-order valence-electron chi connectivity index (χ3n) is 9.11. The third-order valence-corrected chi connectivity index (χ3v) is 10.1. The maximum Gasteiger partial charge on any atom is 0.270 e. The Morgan fingerprint density at radius 2 is 2.04 bits per heavy atom. The number of anilines is 1. The number of morpholine rings is 1. The molecule has 1 aliphatic carbocycles. The second kappa shape index (κ2) is 14.2. The van der Waals surface area contributed by atoms with E-state index in [0.29, 0.717) is 41.5 Å². The first kappa shape index (κ1) is 27.2. The molecule has 0 aromatic carbocycles. The van der Waals surface area contributed by atoms with Crippen LogP contribution in [0.3, 0.4) is 0 Å². The monoisotopic (exact) mass is 654 g/mol. The number of alkyl halides is 2. The molecule has 2 aliphatic heterocycles. The van der Waals surface area contributed by atoms with Gasteiger partial charge in [-0.3, -0.25) is 24.0 Å². The summed E-state index contributed by atoms with van der Waals surface area (Å²) >= 11 is 1.07. The van der Waals surface area contributed by atoms with E-state index in [-0.39, 0.29) is 47.8 Å². The topological polar surface area (TPSA) is 122 Å². The number of hydrogen-bond donors (Lipinski definition) is 2. The number of rotatable bonds is 10. The number of thiazole rings is 1. The van der Waals surface area contributed by atoms with Gasteiger partial charge in [0, 0.05) is 55.0 Å². The van der Waals surface area contributed by atoms with Crippen LogP contribution in [0.4, 0.5) is 13.9 Å². The largest absolute Gasteiger partial charge is 0.376 e. The summed E-state index contributed by atoms with van der Waals surface area (Å²) in [7, 11) is 0. The lowest BCUT2D eigenvalue weighted by atomic mass is 9.79. The number of aromatic nitrogens is 3. The average Bonchev–Trinajstić information content (AvgIpc) is 3.72. The predicted molar refractivity (Wildman–Crippen MR) is 166 cm³/mol. The third kappa shape index (κ3) is 8.07. The van der Waals surface area contributed by atoms with E-state index in [4.69, 9.17) is 11.6 Å². The van der Waals surface area contributed by atoms with E-state index in [0.717, 1.165) is 30.4 Å². The molecule has 14 heteroatoms. The summed E-state index contributed by atoms with van der Waals surface area (Å²) in [5.41, 5.74) is -0.359. The lowest BCUT2D eigenvalue weighted by Crippen LogP contribution is -2.54. The Labute approximate surface area is 274 Å². The lowest BCUT2D eigenvalue weighted by Gasteiger charge is -2.43. The first-order valence-corrected chi connectivity index (χ1v) is 16.3. The van der Waals surface area contributed by atoms with E-state index in [1.165, 1.54) is 17.2 Å². The minimum absolute atomic E-state index is 0.0184. The number of carbonyl (C=O) groups is 3. The highest BCUT2D eigenvalue weighted by Crippen LogP contribution is 2.37. The van der Waals surface area contributed by atoms with Gasteiger partial charge in [-0.05, 0) is 51.4 Å².